The molecule has 0 spiro atoms. The van der Waals surface area contributed by atoms with Crippen molar-refractivity contribution in [3.05, 3.63) is 88.5 Å². The number of carbonyl (C=O) groups excluding carboxylic acids is 1. The summed E-state index contributed by atoms with van der Waals surface area (Å²) in [4.78, 5) is 23.3. The molecule has 0 saturated carbocycles. The van der Waals surface area contributed by atoms with E-state index in [-0.39, 0.29) is 5.91 Å². The largest absolute Gasteiger partial charge is 0.340 e. The van der Waals surface area contributed by atoms with Crippen LogP contribution in [0.3, 0.4) is 0 Å². The smallest absolute Gasteiger partial charge is 0.258 e. The maximum atomic E-state index is 12.8. The highest BCUT2D eigenvalue weighted by Crippen LogP contribution is 2.27. The van der Waals surface area contributed by atoms with E-state index in [1.165, 1.54) is 28.7 Å². The van der Waals surface area contributed by atoms with Gasteiger partial charge >= 0.3 is 0 Å². The number of aromatic nitrogens is 3. The molecule has 2 aromatic carbocycles. The normalized spacial score (nSPS) is 10.8. The zero-order valence-electron chi connectivity index (χ0n) is 15.7. The third kappa shape index (κ3) is 5.10. The number of hydrogen-bond donors (Lipinski definition) is 1. The van der Waals surface area contributed by atoms with Crippen molar-refractivity contribution in [3.8, 4) is 0 Å². The van der Waals surface area contributed by atoms with Gasteiger partial charge in [-0.1, -0.05) is 47.6 Å². The number of aryl methyl sites for hydroxylation is 1. The van der Waals surface area contributed by atoms with Crippen LogP contribution in [-0.2, 0) is 12.2 Å². The van der Waals surface area contributed by atoms with Gasteiger partial charge in [-0.3, -0.25) is 10.1 Å². The van der Waals surface area contributed by atoms with Gasteiger partial charge in [0.25, 0.3) is 5.91 Å². The summed E-state index contributed by atoms with van der Waals surface area (Å²) in [5.74, 6) is 1.48. The minimum Gasteiger partial charge on any atom is -0.340 e. The van der Waals surface area contributed by atoms with Crippen molar-refractivity contribution in [1.82, 2.24) is 15.1 Å². The Morgan fingerprint density at radius 1 is 1.14 bits per heavy atom. The van der Waals surface area contributed by atoms with Gasteiger partial charge in [0.15, 0.2) is 11.0 Å². The van der Waals surface area contributed by atoms with Crippen molar-refractivity contribution in [2.75, 3.05) is 5.32 Å². The summed E-state index contributed by atoms with van der Waals surface area (Å²) in [6.07, 6.45) is 2.61. The topological polar surface area (TPSA) is 80.9 Å². The number of amides is 1. The maximum absolute atomic E-state index is 12.8. The molecule has 4 rings (SSSR count). The summed E-state index contributed by atoms with van der Waals surface area (Å²) in [6, 6.07) is 17.7. The van der Waals surface area contributed by atoms with Gasteiger partial charge in [-0.05, 0) is 17.7 Å². The lowest BCUT2D eigenvalue weighted by atomic mass is 10.1. The van der Waals surface area contributed by atoms with E-state index in [1.54, 1.807) is 13.0 Å². The van der Waals surface area contributed by atoms with Gasteiger partial charge in [-0.25, -0.2) is 4.98 Å². The van der Waals surface area contributed by atoms with Crippen LogP contribution in [0.5, 0.6) is 0 Å². The Balaban J connectivity index is 1.42. The molecule has 0 bridgehead atoms. The third-order valence-corrected chi connectivity index (χ3v) is 6.04. The zero-order valence-corrected chi connectivity index (χ0v) is 17.3. The fraction of sp³-hybridized carbons (Fsp3) is 0.143. The number of thiazole rings is 1. The van der Waals surface area contributed by atoms with Gasteiger partial charge < -0.3 is 4.52 Å². The van der Waals surface area contributed by atoms with E-state index in [0.29, 0.717) is 28.2 Å². The Bertz CT molecular complexity index is 1110. The number of hydrogen-bond acceptors (Lipinski definition) is 7. The Kier molecular flexibility index (Phi) is 6.02. The molecule has 0 atom stereocenters. The lowest BCUT2D eigenvalue weighted by Gasteiger charge is -2.07. The highest BCUT2D eigenvalue weighted by atomic mass is 32.2. The molecule has 0 radical (unpaired) electrons. The summed E-state index contributed by atoms with van der Waals surface area (Å²) in [6.45, 7) is 1.75. The SMILES string of the molecule is Cc1nc(CSc2ccccc2C(=O)Nc2ncc(Cc3ccccc3)s2)no1. The van der Waals surface area contributed by atoms with E-state index in [9.17, 15) is 4.79 Å². The van der Waals surface area contributed by atoms with Crippen molar-refractivity contribution >= 4 is 34.1 Å². The van der Waals surface area contributed by atoms with Crippen molar-refractivity contribution in [2.24, 2.45) is 0 Å². The molecule has 0 unspecified atom stereocenters. The van der Waals surface area contributed by atoms with Crippen LogP contribution < -0.4 is 5.32 Å². The molecule has 2 aromatic heterocycles. The van der Waals surface area contributed by atoms with Gasteiger partial charge in [0.05, 0.1) is 11.3 Å². The Morgan fingerprint density at radius 3 is 2.72 bits per heavy atom. The van der Waals surface area contributed by atoms with Crippen LogP contribution >= 0.6 is 23.1 Å². The first kappa shape index (κ1) is 19.4. The van der Waals surface area contributed by atoms with Crippen molar-refractivity contribution < 1.29 is 9.32 Å². The second kappa shape index (κ2) is 9.02. The van der Waals surface area contributed by atoms with Crippen LogP contribution in [0.15, 0.2) is 70.2 Å². The van der Waals surface area contributed by atoms with Crippen molar-refractivity contribution in [2.45, 2.75) is 24.0 Å². The Labute approximate surface area is 176 Å². The molecule has 6 nitrogen and oxygen atoms in total. The predicted octanol–water partition coefficient (Wildman–Crippen LogP) is 4.97. The number of benzene rings is 2. The first-order valence-electron chi connectivity index (χ1n) is 8.98. The average Bonchev–Trinajstić information content (AvgIpc) is 3.36. The highest BCUT2D eigenvalue weighted by molar-refractivity contribution is 7.98. The molecule has 1 amide bonds. The monoisotopic (exact) mass is 422 g/mol. The van der Waals surface area contributed by atoms with Crippen LogP contribution in [0.25, 0.3) is 0 Å². The van der Waals surface area contributed by atoms with E-state index in [2.05, 4.69) is 32.6 Å². The van der Waals surface area contributed by atoms with Gasteiger partial charge in [-0.2, -0.15) is 4.98 Å². The lowest BCUT2D eigenvalue weighted by molar-refractivity contribution is 0.102. The molecule has 1 N–H and O–H groups in total. The summed E-state index contributed by atoms with van der Waals surface area (Å²) in [5, 5.41) is 7.40. The van der Waals surface area contributed by atoms with E-state index in [4.69, 9.17) is 4.52 Å². The van der Waals surface area contributed by atoms with Crippen LogP contribution in [-0.4, -0.2) is 21.0 Å². The van der Waals surface area contributed by atoms with Crippen LogP contribution in [0, 0.1) is 6.92 Å². The van der Waals surface area contributed by atoms with E-state index in [0.717, 1.165) is 16.2 Å². The summed E-state index contributed by atoms with van der Waals surface area (Å²) < 4.78 is 4.99. The van der Waals surface area contributed by atoms with Crippen molar-refractivity contribution in [3.63, 3.8) is 0 Å². The predicted molar refractivity (Wildman–Crippen MR) is 114 cm³/mol. The zero-order chi connectivity index (χ0) is 20.1. The van der Waals surface area contributed by atoms with E-state index < -0.39 is 0 Å². The Morgan fingerprint density at radius 2 is 1.93 bits per heavy atom. The quantitative estimate of drug-likeness (QED) is 0.424. The third-order valence-electron chi connectivity index (χ3n) is 4.05. The molecule has 0 saturated heterocycles. The van der Waals surface area contributed by atoms with Crippen molar-refractivity contribution in [1.29, 1.82) is 0 Å². The molecule has 0 aliphatic heterocycles. The van der Waals surface area contributed by atoms with Gasteiger partial charge in [-0.15, -0.1) is 23.1 Å². The molecule has 146 valence electrons. The second-order valence-corrected chi connectivity index (χ2v) is 8.40. The first-order valence-corrected chi connectivity index (χ1v) is 10.8. The van der Waals surface area contributed by atoms with Crippen LogP contribution in [0.1, 0.15) is 32.5 Å². The summed E-state index contributed by atoms with van der Waals surface area (Å²) >= 11 is 2.98. The minimum atomic E-state index is -0.182. The molecular formula is C21H18N4O2S2. The molecule has 2 heterocycles. The molecule has 0 aliphatic rings. The minimum absolute atomic E-state index is 0.182. The lowest BCUT2D eigenvalue weighted by Crippen LogP contribution is -2.12. The number of carbonyl (C=O) groups is 1. The number of rotatable bonds is 7. The number of thioether (sulfide) groups is 1. The van der Waals surface area contributed by atoms with Gasteiger partial charge in [0, 0.05) is 29.3 Å². The summed E-state index contributed by atoms with van der Waals surface area (Å²) in [5.41, 5.74) is 1.81. The first-order chi connectivity index (χ1) is 14.2. The van der Waals surface area contributed by atoms with Crippen LogP contribution in [0.4, 0.5) is 5.13 Å². The van der Waals surface area contributed by atoms with Gasteiger partial charge in [0.2, 0.25) is 5.89 Å². The van der Waals surface area contributed by atoms with Gasteiger partial charge in [0.1, 0.15) is 0 Å². The number of nitrogens with zero attached hydrogens (tertiary/aromatic N) is 3. The molecular weight excluding hydrogens is 404 g/mol. The van der Waals surface area contributed by atoms with E-state index in [1.807, 2.05) is 42.6 Å². The standard InChI is InChI=1S/C21H18N4O2S2/c1-14-23-19(25-27-14)13-28-18-10-6-5-9-17(18)20(26)24-21-22-12-16(29-21)11-15-7-3-2-4-8-15/h2-10,12H,11,13H2,1H3,(H,22,24,26). The molecule has 0 aliphatic carbocycles. The molecule has 8 heteroatoms. The number of nitrogens with one attached hydrogen (secondary N) is 1. The highest BCUT2D eigenvalue weighted by Gasteiger charge is 2.14. The fourth-order valence-electron chi connectivity index (χ4n) is 2.73. The molecule has 4 aromatic rings. The molecule has 0 fully saturated rings. The van der Waals surface area contributed by atoms with E-state index >= 15 is 0 Å². The Hall–Kier alpha value is -2.97. The molecule has 29 heavy (non-hydrogen) atoms. The fourth-order valence-corrected chi connectivity index (χ4v) is 4.47. The number of anilines is 1. The maximum Gasteiger partial charge on any atom is 0.258 e. The van der Waals surface area contributed by atoms with Crippen LogP contribution in [0.2, 0.25) is 0 Å². The average molecular weight is 423 g/mol. The second-order valence-electron chi connectivity index (χ2n) is 6.26. The summed E-state index contributed by atoms with van der Waals surface area (Å²) in [7, 11) is 0.